The standard InChI is InChI=1S/C31H17F9N2O3.C18H15OP.Eu/c32-17-6-10-20(11-7-17)41(21-12-8-18(33)9-13-21)22-14-15-23-24(16-22)42(19-4-2-1-3-5-19)28(45)25(26(23)43)27(44)29(34,35)30(36,37)31(38,39)40;19-20(16-10-4-1-5-11-16,17-12-6-2-7-13-17)18-14-8-3-9-15-18;/h1-16,43H;1-15H;. The van der Waals surface area contributed by atoms with Crippen molar-refractivity contribution in [2.24, 2.45) is 0 Å². The fourth-order valence-corrected chi connectivity index (χ4v) is 9.68. The van der Waals surface area contributed by atoms with Gasteiger partial charge in [0.1, 0.15) is 22.9 Å². The molecule has 0 fully saturated rings. The molecule has 17 heteroatoms. The van der Waals surface area contributed by atoms with Gasteiger partial charge in [-0.15, -0.1) is 0 Å². The molecule has 0 aliphatic carbocycles. The Hall–Kier alpha value is -5.80. The van der Waals surface area contributed by atoms with E-state index >= 15 is 0 Å². The Labute approximate surface area is 411 Å². The minimum atomic E-state index is -6.89. The number of rotatable bonds is 10. The molecule has 66 heavy (non-hydrogen) atoms. The van der Waals surface area contributed by atoms with Crippen LogP contribution in [0.5, 0.6) is 5.75 Å². The number of nitrogens with zero attached hydrogens (tertiary/aromatic N) is 2. The van der Waals surface area contributed by atoms with E-state index in [1.54, 1.807) is 0 Å². The summed E-state index contributed by atoms with van der Waals surface area (Å²) in [7, 11) is -2.78. The minimum absolute atomic E-state index is 0. The summed E-state index contributed by atoms with van der Waals surface area (Å²) in [4.78, 5) is 27.7. The molecule has 0 unspecified atom stereocenters. The molecule has 1 N–H and O–H groups in total. The number of pyridine rings is 1. The Balaban J connectivity index is 0.000000285. The molecular formula is C49H32EuF9N2O4P. The normalized spacial score (nSPS) is 11.8. The van der Waals surface area contributed by atoms with Gasteiger partial charge in [0.25, 0.3) is 5.56 Å². The molecule has 0 aliphatic heterocycles. The third kappa shape index (κ3) is 9.55. The first-order valence-electron chi connectivity index (χ1n) is 19.3. The number of aromatic nitrogens is 1. The molecule has 8 aromatic rings. The third-order valence-corrected chi connectivity index (χ3v) is 13.3. The quantitative estimate of drug-likeness (QED) is 0.0839. The fourth-order valence-electron chi connectivity index (χ4n) is 7.01. The van der Waals surface area contributed by atoms with Gasteiger partial charge in [0.05, 0.1) is 5.52 Å². The molecule has 1 aromatic heterocycles. The van der Waals surface area contributed by atoms with E-state index in [0.717, 1.165) is 46.2 Å². The van der Waals surface area contributed by atoms with Crippen molar-refractivity contribution in [3.8, 4) is 11.4 Å². The number of alkyl halides is 7. The van der Waals surface area contributed by atoms with Crippen molar-refractivity contribution in [1.82, 2.24) is 4.57 Å². The molecule has 0 amide bonds. The molecule has 0 atom stereocenters. The van der Waals surface area contributed by atoms with Crippen molar-refractivity contribution in [1.29, 1.82) is 0 Å². The second kappa shape index (κ2) is 20.0. The number of para-hydroxylation sites is 1. The van der Waals surface area contributed by atoms with Crippen molar-refractivity contribution in [3.05, 3.63) is 216 Å². The molecule has 0 spiro atoms. The summed E-state index contributed by atoms with van der Waals surface area (Å²) < 4.78 is 137. The molecule has 8 rings (SSSR count). The fraction of sp³-hybridized carbons (Fsp3) is 0.0612. The summed E-state index contributed by atoms with van der Waals surface area (Å²) >= 11 is 0. The molecule has 7 aromatic carbocycles. The van der Waals surface area contributed by atoms with Crippen molar-refractivity contribution < 1.29 is 103 Å². The Morgan fingerprint density at radius 2 is 0.924 bits per heavy atom. The molecule has 0 saturated carbocycles. The minimum Gasteiger partial charge on any atom is -0.506 e. The number of halogens is 9. The van der Waals surface area contributed by atoms with E-state index in [1.807, 2.05) is 91.0 Å². The van der Waals surface area contributed by atoms with Crippen LogP contribution in [0.4, 0.5) is 56.6 Å². The molecule has 1 heterocycles. The monoisotopic (exact) mass is 1070 g/mol. The maximum absolute atomic E-state index is 14.5. The Morgan fingerprint density at radius 3 is 1.32 bits per heavy atom. The predicted molar refractivity (Wildman–Crippen MR) is 232 cm³/mol. The topological polar surface area (TPSA) is 79.6 Å². The van der Waals surface area contributed by atoms with Gasteiger partial charge >= 0.3 is 18.0 Å². The molecular weight excluding hydrogens is 1030 g/mol. The van der Waals surface area contributed by atoms with E-state index in [1.165, 1.54) is 71.6 Å². The zero-order valence-corrected chi connectivity index (χ0v) is 37.0. The number of carbonyl (C=O) groups excluding carboxylic acids is 1. The number of aromatic hydroxyl groups is 1. The van der Waals surface area contributed by atoms with Gasteiger partial charge in [0.2, 0.25) is 5.78 Å². The van der Waals surface area contributed by atoms with Crippen LogP contribution < -0.4 is 26.4 Å². The summed E-state index contributed by atoms with van der Waals surface area (Å²) in [6.07, 6.45) is -6.88. The van der Waals surface area contributed by atoms with E-state index in [2.05, 4.69) is 0 Å². The van der Waals surface area contributed by atoms with Gasteiger partial charge in [0, 0.05) is 93.4 Å². The van der Waals surface area contributed by atoms with Gasteiger partial charge in [-0.05, 0) is 78.9 Å². The van der Waals surface area contributed by atoms with E-state index < -0.39 is 64.8 Å². The second-order valence-electron chi connectivity index (χ2n) is 14.3. The summed E-state index contributed by atoms with van der Waals surface area (Å²) in [6, 6.07) is 49.2. The summed E-state index contributed by atoms with van der Waals surface area (Å²) in [6.45, 7) is 0. The van der Waals surface area contributed by atoms with Crippen molar-refractivity contribution >= 4 is 56.8 Å². The molecule has 0 saturated heterocycles. The van der Waals surface area contributed by atoms with E-state index in [4.69, 9.17) is 0 Å². The number of benzene rings is 7. The van der Waals surface area contributed by atoms with E-state index in [-0.39, 0.29) is 66.3 Å². The van der Waals surface area contributed by atoms with Gasteiger partial charge in [-0.25, -0.2) is 8.78 Å². The number of carbonyl (C=O) groups is 1. The largest absolute Gasteiger partial charge is 0.506 e. The summed E-state index contributed by atoms with van der Waals surface area (Å²) in [5, 5.41) is 12.9. The van der Waals surface area contributed by atoms with Crippen molar-refractivity contribution in [3.63, 3.8) is 0 Å². The predicted octanol–water partition coefficient (Wildman–Crippen LogP) is 11.8. The number of hydrogen-bond donors (Lipinski definition) is 1. The Morgan fingerprint density at radius 1 is 0.545 bits per heavy atom. The van der Waals surface area contributed by atoms with Crippen LogP contribution in [0, 0.1) is 61.0 Å². The van der Waals surface area contributed by atoms with Gasteiger partial charge in [-0.2, -0.15) is 30.7 Å². The van der Waals surface area contributed by atoms with E-state index in [0.29, 0.717) is 15.9 Å². The first-order chi connectivity index (χ1) is 30.9. The summed E-state index contributed by atoms with van der Waals surface area (Å²) in [5.74, 6) is -19.4. The maximum atomic E-state index is 14.5. The first-order valence-corrected chi connectivity index (χ1v) is 21.0. The van der Waals surface area contributed by atoms with Crippen molar-refractivity contribution in [2.75, 3.05) is 4.90 Å². The third-order valence-electron chi connectivity index (χ3n) is 10.2. The zero-order valence-electron chi connectivity index (χ0n) is 33.7. The Kier molecular flexibility index (Phi) is 15.0. The van der Waals surface area contributed by atoms with Crippen LogP contribution in [0.1, 0.15) is 10.4 Å². The molecule has 1 radical (unpaired) electrons. The van der Waals surface area contributed by atoms with Gasteiger partial charge in [-0.3, -0.25) is 14.2 Å². The van der Waals surface area contributed by atoms with Crippen molar-refractivity contribution in [2.45, 2.75) is 18.0 Å². The average molecular weight is 1070 g/mol. The van der Waals surface area contributed by atoms with Crippen LogP contribution in [0.3, 0.4) is 0 Å². The SMILES string of the molecule is O=C(c1c(O)c2ccc(N(c3ccc(F)cc3)c3ccc(F)cc3)cc2n(-c2ccccc2)c1=O)C(F)(F)C(F)(F)C(F)(F)F.O=P(c1ccccc1)(c1ccccc1)c1ccccc1.[Eu]. The van der Waals surface area contributed by atoms with Gasteiger partial charge in [0.15, 0.2) is 7.14 Å². The van der Waals surface area contributed by atoms with E-state index in [9.17, 15) is 58.8 Å². The van der Waals surface area contributed by atoms with Crippen LogP contribution in [0.15, 0.2) is 193 Å². The smallest absolute Gasteiger partial charge is 0.460 e. The van der Waals surface area contributed by atoms with Gasteiger partial charge in [-0.1, -0.05) is 109 Å². The van der Waals surface area contributed by atoms with Crippen LogP contribution in [-0.2, 0) is 4.57 Å². The van der Waals surface area contributed by atoms with Crippen LogP contribution in [-0.4, -0.2) is 33.5 Å². The van der Waals surface area contributed by atoms with Crippen LogP contribution in [0.25, 0.3) is 16.6 Å². The number of fused-ring (bicyclic) bond motifs is 1. The number of hydrogen-bond acceptors (Lipinski definition) is 5. The maximum Gasteiger partial charge on any atom is 0.460 e. The summed E-state index contributed by atoms with van der Waals surface area (Å²) in [5.41, 5.74) is -3.49. The molecule has 0 aliphatic rings. The molecule has 0 bridgehead atoms. The van der Waals surface area contributed by atoms with Crippen LogP contribution >= 0.6 is 7.14 Å². The second-order valence-corrected chi connectivity index (χ2v) is 17.0. The van der Waals surface area contributed by atoms with Crippen LogP contribution in [0.2, 0.25) is 0 Å². The number of ketones is 1. The average Bonchev–Trinajstić information content (AvgIpc) is 3.31. The number of anilines is 3. The van der Waals surface area contributed by atoms with Gasteiger partial charge < -0.3 is 14.6 Å². The number of Topliss-reactive ketones (excluding diaryl/α,β-unsaturated/α-hetero) is 1. The molecule has 337 valence electrons. The Bertz CT molecular complexity index is 2920. The molecule has 6 nitrogen and oxygen atoms in total. The first kappa shape index (κ1) is 49.6. The zero-order chi connectivity index (χ0) is 46.7.